The molecule has 32 heavy (non-hydrogen) atoms. The molecule has 1 fully saturated rings. The molecule has 0 aliphatic heterocycles. The van der Waals surface area contributed by atoms with Gasteiger partial charge >= 0.3 is 0 Å². The summed E-state index contributed by atoms with van der Waals surface area (Å²) in [5, 5.41) is 11.7. The second kappa shape index (κ2) is 11.3. The van der Waals surface area contributed by atoms with Gasteiger partial charge in [-0.2, -0.15) is 0 Å². The van der Waals surface area contributed by atoms with Gasteiger partial charge in [-0.25, -0.2) is 0 Å². The zero-order chi connectivity index (χ0) is 22.9. The molecule has 0 bridgehead atoms. The highest BCUT2D eigenvalue weighted by Crippen LogP contribution is 2.31. The zero-order valence-corrected chi connectivity index (χ0v) is 18.5. The first kappa shape index (κ1) is 23.3. The van der Waals surface area contributed by atoms with Crippen LogP contribution in [0.5, 0.6) is 0 Å². The Kier molecular flexibility index (Phi) is 8.21. The van der Waals surface area contributed by atoms with Gasteiger partial charge in [0, 0.05) is 48.8 Å². The topological polar surface area (TPSA) is 109 Å². The molecule has 1 aliphatic rings. The quantitative estimate of drug-likeness (QED) is 0.403. The molecule has 3 amide bonds. The standard InChI is InChI=1S/C24H30N4O4/c1-16-20(8-4-9-21(16)28-24(31)17-10-11-17)26-15-22(29)27-19-7-3-6-18(14-19)23(30)25-12-5-13-32-2/h3-4,6-9,14,17,26H,5,10-13,15H2,1-2H3,(H,25,30)(H,27,29)(H,28,31). The molecule has 8 heteroatoms. The number of nitrogens with one attached hydrogen (secondary N) is 4. The van der Waals surface area contributed by atoms with Gasteiger partial charge in [-0.15, -0.1) is 0 Å². The minimum atomic E-state index is -0.241. The Balaban J connectivity index is 1.52. The van der Waals surface area contributed by atoms with E-state index in [9.17, 15) is 14.4 Å². The van der Waals surface area contributed by atoms with E-state index in [-0.39, 0.29) is 30.2 Å². The van der Waals surface area contributed by atoms with Crippen molar-refractivity contribution in [1.29, 1.82) is 0 Å². The fourth-order valence-corrected chi connectivity index (χ4v) is 3.18. The van der Waals surface area contributed by atoms with Gasteiger partial charge < -0.3 is 26.0 Å². The van der Waals surface area contributed by atoms with Crippen LogP contribution in [0.15, 0.2) is 42.5 Å². The second-order valence-corrected chi connectivity index (χ2v) is 7.83. The van der Waals surface area contributed by atoms with Crippen LogP contribution in [0.1, 0.15) is 35.2 Å². The number of hydrogen-bond acceptors (Lipinski definition) is 5. The Hall–Kier alpha value is -3.39. The lowest BCUT2D eigenvalue weighted by Gasteiger charge is -2.14. The number of rotatable bonds is 11. The monoisotopic (exact) mass is 438 g/mol. The average molecular weight is 439 g/mol. The molecule has 0 radical (unpaired) electrons. The molecule has 0 spiro atoms. The summed E-state index contributed by atoms with van der Waals surface area (Å²) in [5.41, 5.74) is 3.42. The number of ether oxygens (including phenoxy) is 1. The van der Waals surface area contributed by atoms with Gasteiger partial charge in [-0.3, -0.25) is 14.4 Å². The molecular formula is C24H30N4O4. The van der Waals surface area contributed by atoms with Crippen LogP contribution < -0.4 is 21.3 Å². The lowest BCUT2D eigenvalue weighted by molar-refractivity contribution is -0.117. The van der Waals surface area contributed by atoms with Crippen LogP contribution in [0.25, 0.3) is 0 Å². The molecule has 0 unspecified atom stereocenters. The number of carbonyl (C=O) groups is 3. The maximum atomic E-state index is 12.4. The van der Waals surface area contributed by atoms with Gasteiger partial charge in [0.25, 0.3) is 5.91 Å². The molecular weight excluding hydrogens is 408 g/mol. The van der Waals surface area contributed by atoms with E-state index in [2.05, 4.69) is 21.3 Å². The maximum absolute atomic E-state index is 12.4. The van der Waals surface area contributed by atoms with Crippen molar-refractivity contribution in [3.8, 4) is 0 Å². The summed E-state index contributed by atoms with van der Waals surface area (Å²) >= 11 is 0. The Bertz CT molecular complexity index is 972. The predicted octanol–water partition coefficient (Wildman–Crippen LogP) is 3.16. The first-order chi connectivity index (χ1) is 15.5. The van der Waals surface area contributed by atoms with E-state index in [0.29, 0.717) is 24.4 Å². The first-order valence-electron chi connectivity index (χ1n) is 10.8. The lowest BCUT2D eigenvalue weighted by atomic mass is 10.1. The van der Waals surface area contributed by atoms with E-state index >= 15 is 0 Å². The number of methoxy groups -OCH3 is 1. The van der Waals surface area contributed by atoms with Crippen LogP contribution in [0.3, 0.4) is 0 Å². The second-order valence-electron chi connectivity index (χ2n) is 7.83. The average Bonchev–Trinajstić information content (AvgIpc) is 3.63. The fraction of sp³-hybridized carbons (Fsp3) is 0.375. The number of anilines is 3. The van der Waals surface area contributed by atoms with Crippen LogP contribution in [-0.4, -0.2) is 44.5 Å². The largest absolute Gasteiger partial charge is 0.385 e. The van der Waals surface area contributed by atoms with E-state index in [0.717, 1.165) is 36.2 Å². The predicted molar refractivity (Wildman–Crippen MR) is 125 cm³/mol. The molecule has 0 heterocycles. The summed E-state index contributed by atoms with van der Waals surface area (Å²) in [7, 11) is 1.62. The molecule has 8 nitrogen and oxygen atoms in total. The number of amides is 3. The van der Waals surface area contributed by atoms with E-state index < -0.39 is 0 Å². The Morgan fingerprint density at radius 1 is 1.03 bits per heavy atom. The third kappa shape index (κ3) is 6.81. The van der Waals surface area contributed by atoms with E-state index in [1.165, 1.54) is 0 Å². The van der Waals surface area contributed by atoms with Crippen molar-refractivity contribution in [1.82, 2.24) is 5.32 Å². The SMILES string of the molecule is COCCCNC(=O)c1cccc(NC(=O)CNc2cccc(NC(=O)C3CC3)c2C)c1. The third-order valence-electron chi connectivity index (χ3n) is 5.20. The van der Waals surface area contributed by atoms with Crippen molar-refractivity contribution >= 4 is 34.8 Å². The van der Waals surface area contributed by atoms with E-state index in [1.807, 2.05) is 25.1 Å². The van der Waals surface area contributed by atoms with Crippen molar-refractivity contribution in [2.75, 3.05) is 42.8 Å². The molecule has 0 aromatic heterocycles. The summed E-state index contributed by atoms with van der Waals surface area (Å²) in [6.45, 7) is 3.05. The van der Waals surface area contributed by atoms with Crippen molar-refractivity contribution in [3.05, 3.63) is 53.6 Å². The number of benzene rings is 2. The molecule has 1 saturated carbocycles. The van der Waals surface area contributed by atoms with Crippen molar-refractivity contribution in [3.63, 3.8) is 0 Å². The van der Waals surface area contributed by atoms with E-state index in [4.69, 9.17) is 4.74 Å². The smallest absolute Gasteiger partial charge is 0.251 e. The van der Waals surface area contributed by atoms with Crippen LogP contribution in [0.2, 0.25) is 0 Å². The zero-order valence-electron chi connectivity index (χ0n) is 18.5. The molecule has 2 aromatic carbocycles. The molecule has 4 N–H and O–H groups in total. The van der Waals surface area contributed by atoms with Crippen molar-refractivity contribution < 1.29 is 19.1 Å². The summed E-state index contributed by atoms with van der Waals surface area (Å²) in [6.07, 6.45) is 2.62. The van der Waals surface area contributed by atoms with Gasteiger partial charge in [0.2, 0.25) is 11.8 Å². The molecule has 3 rings (SSSR count). The van der Waals surface area contributed by atoms with Crippen LogP contribution >= 0.6 is 0 Å². The highest BCUT2D eigenvalue weighted by molar-refractivity contribution is 5.98. The van der Waals surface area contributed by atoms with Gasteiger partial charge in [0.1, 0.15) is 0 Å². The van der Waals surface area contributed by atoms with E-state index in [1.54, 1.807) is 31.4 Å². The molecule has 1 aliphatic carbocycles. The fourth-order valence-electron chi connectivity index (χ4n) is 3.18. The summed E-state index contributed by atoms with van der Waals surface area (Å²) in [6, 6.07) is 12.4. The first-order valence-corrected chi connectivity index (χ1v) is 10.8. The third-order valence-corrected chi connectivity index (χ3v) is 5.20. The van der Waals surface area contributed by atoms with Crippen LogP contribution in [-0.2, 0) is 14.3 Å². The van der Waals surface area contributed by atoms with Gasteiger partial charge in [-0.1, -0.05) is 12.1 Å². The Morgan fingerprint density at radius 3 is 2.53 bits per heavy atom. The minimum absolute atomic E-state index is 0.0469. The van der Waals surface area contributed by atoms with Gasteiger partial charge in [0.05, 0.1) is 6.54 Å². The highest BCUT2D eigenvalue weighted by Gasteiger charge is 2.29. The Labute approximate surface area is 188 Å². The minimum Gasteiger partial charge on any atom is -0.385 e. The lowest BCUT2D eigenvalue weighted by Crippen LogP contribution is -2.26. The van der Waals surface area contributed by atoms with Crippen LogP contribution in [0, 0.1) is 12.8 Å². The molecule has 0 saturated heterocycles. The highest BCUT2D eigenvalue weighted by atomic mass is 16.5. The van der Waals surface area contributed by atoms with Crippen molar-refractivity contribution in [2.24, 2.45) is 5.92 Å². The Morgan fingerprint density at radius 2 is 1.78 bits per heavy atom. The number of hydrogen-bond donors (Lipinski definition) is 4. The summed E-state index contributed by atoms with van der Waals surface area (Å²) < 4.78 is 4.97. The summed E-state index contributed by atoms with van der Waals surface area (Å²) in [5.74, 6) is -0.268. The van der Waals surface area contributed by atoms with Gasteiger partial charge in [0.15, 0.2) is 0 Å². The van der Waals surface area contributed by atoms with Crippen molar-refractivity contribution in [2.45, 2.75) is 26.2 Å². The van der Waals surface area contributed by atoms with Crippen LogP contribution in [0.4, 0.5) is 17.1 Å². The normalized spacial score (nSPS) is 12.7. The summed E-state index contributed by atoms with van der Waals surface area (Å²) in [4.78, 5) is 36.7. The van der Waals surface area contributed by atoms with Gasteiger partial charge in [-0.05, 0) is 62.1 Å². The molecule has 0 atom stereocenters. The number of carbonyl (C=O) groups excluding carboxylic acids is 3. The molecule has 2 aromatic rings. The molecule has 170 valence electrons. The maximum Gasteiger partial charge on any atom is 0.251 e.